The molecule has 0 saturated heterocycles. The molecule has 2 rings (SSSR count). The fourth-order valence-electron chi connectivity index (χ4n) is 2.07. The molecule has 0 heterocycles. The summed E-state index contributed by atoms with van der Waals surface area (Å²) in [5.74, 6) is 0.944. The fraction of sp³-hybridized carbons (Fsp3) is 0.625. The molecule has 0 bridgehead atoms. The van der Waals surface area contributed by atoms with Crippen molar-refractivity contribution in [3.05, 3.63) is 35.9 Å². The maximum absolute atomic E-state index is 6.07. The highest BCUT2D eigenvalue weighted by molar-refractivity contribution is 5.17. The second kappa shape index (κ2) is 6.91. The number of hydrogen-bond donors (Lipinski definition) is 1. The summed E-state index contributed by atoms with van der Waals surface area (Å²) in [5.41, 5.74) is 1.28. The minimum absolute atomic E-state index is 0.187. The van der Waals surface area contributed by atoms with Crippen molar-refractivity contribution in [2.75, 3.05) is 13.2 Å². The Morgan fingerprint density at radius 2 is 1.94 bits per heavy atom. The van der Waals surface area contributed by atoms with Crippen molar-refractivity contribution in [3.8, 4) is 0 Å². The molecule has 2 heteroatoms. The van der Waals surface area contributed by atoms with Crippen molar-refractivity contribution in [2.45, 2.75) is 45.3 Å². The average molecular weight is 247 g/mol. The maximum atomic E-state index is 6.07. The third-order valence-corrected chi connectivity index (χ3v) is 3.42. The molecule has 2 nitrogen and oxygen atoms in total. The molecule has 1 unspecified atom stereocenters. The van der Waals surface area contributed by atoms with E-state index >= 15 is 0 Å². The third kappa shape index (κ3) is 4.79. The summed E-state index contributed by atoms with van der Waals surface area (Å²) in [6, 6.07) is 11.0. The Kier molecular flexibility index (Phi) is 5.21. The van der Waals surface area contributed by atoms with Crippen LogP contribution in [0.3, 0.4) is 0 Å². The van der Waals surface area contributed by atoms with Crippen molar-refractivity contribution in [1.82, 2.24) is 5.32 Å². The van der Waals surface area contributed by atoms with E-state index in [4.69, 9.17) is 4.74 Å². The summed E-state index contributed by atoms with van der Waals surface area (Å²) in [6.45, 7) is 6.13. The van der Waals surface area contributed by atoms with Gasteiger partial charge in [-0.05, 0) is 17.9 Å². The SMILES string of the molecule is CC(C)NCC(OCCC1CC1)c1ccccc1. The molecule has 0 aliphatic heterocycles. The normalized spacial score (nSPS) is 17.1. The topological polar surface area (TPSA) is 21.3 Å². The molecule has 1 atom stereocenters. The van der Waals surface area contributed by atoms with Crippen LogP contribution in [0.5, 0.6) is 0 Å². The van der Waals surface area contributed by atoms with Crippen LogP contribution in [0.25, 0.3) is 0 Å². The van der Waals surface area contributed by atoms with Gasteiger partial charge in [0, 0.05) is 19.2 Å². The van der Waals surface area contributed by atoms with Crippen LogP contribution in [0, 0.1) is 5.92 Å². The highest BCUT2D eigenvalue weighted by atomic mass is 16.5. The predicted octanol–water partition coefficient (Wildman–Crippen LogP) is 3.54. The van der Waals surface area contributed by atoms with E-state index < -0.39 is 0 Å². The number of benzene rings is 1. The number of hydrogen-bond acceptors (Lipinski definition) is 2. The smallest absolute Gasteiger partial charge is 0.0949 e. The summed E-state index contributed by atoms with van der Waals surface area (Å²) in [4.78, 5) is 0. The van der Waals surface area contributed by atoms with Crippen LogP contribution in [-0.2, 0) is 4.74 Å². The highest BCUT2D eigenvalue weighted by Crippen LogP contribution is 2.32. The van der Waals surface area contributed by atoms with Crippen LogP contribution < -0.4 is 5.32 Å². The van der Waals surface area contributed by atoms with Crippen LogP contribution in [0.1, 0.15) is 44.8 Å². The zero-order valence-electron chi connectivity index (χ0n) is 11.6. The Balaban J connectivity index is 1.84. The zero-order valence-corrected chi connectivity index (χ0v) is 11.6. The Morgan fingerprint density at radius 3 is 2.56 bits per heavy atom. The van der Waals surface area contributed by atoms with E-state index in [-0.39, 0.29) is 6.10 Å². The van der Waals surface area contributed by atoms with Gasteiger partial charge in [0.15, 0.2) is 0 Å². The van der Waals surface area contributed by atoms with Gasteiger partial charge in [0.2, 0.25) is 0 Å². The van der Waals surface area contributed by atoms with Gasteiger partial charge in [0.1, 0.15) is 0 Å². The van der Waals surface area contributed by atoms with Gasteiger partial charge in [-0.2, -0.15) is 0 Å². The second-order valence-electron chi connectivity index (χ2n) is 5.57. The lowest BCUT2D eigenvalue weighted by Crippen LogP contribution is -2.29. The molecule has 100 valence electrons. The molecule has 0 amide bonds. The minimum Gasteiger partial charge on any atom is -0.372 e. The van der Waals surface area contributed by atoms with Crippen LogP contribution >= 0.6 is 0 Å². The standard InChI is InChI=1S/C16H25NO/c1-13(2)17-12-16(15-6-4-3-5-7-15)18-11-10-14-8-9-14/h3-7,13-14,16-17H,8-12H2,1-2H3. The Labute approximate surface area is 111 Å². The van der Waals surface area contributed by atoms with Crippen LogP contribution in [0.2, 0.25) is 0 Å². The first kappa shape index (κ1) is 13.6. The lowest BCUT2D eigenvalue weighted by Gasteiger charge is -2.20. The van der Waals surface area contributed by atoms with Gasteiger partial charge in [-0.1, -0.05) is 57.0 Å². The number of rotatable bonds is 8. The van der Waals surface area contributed by atoms with E-state index in [2.05, 4.69) is 49.5 Å². The van der Waals surface area contributed by atoms with Crippen molar-refractivity contribution >= 4 is 0 Å². The summed E-state index contributed by atoms with van der Waals surface area (Å²) in [7, 11) is 0. The van der Waals surface area contributed by atoms with Crippen LogP contribution in [0.15, 0.2) is 30.3 Å². The van der Waals surface area contributed by atoms with Gasteiger partial charge >= 0.3 is 0 Å². The zero-order chi connectivity index (χ0) is 12.8. The molecule has 0 spiro atoms. The Hall–Kier alpha value is -0.860. The number of nitrogens with one attached hydrogen (secondary N) is 1. The van der Waals surface area contributed by atoms with E-state index in [0.29, 0.717) is 6.04 Å². The maximum Gasteiger partial charge on any atom is 0.0949 e. The summed E-state index contributed by atoms with van der Waals surface area (Å²) in [6.07, 6.45) is 4.23. The summed E-state index contributed by atoms with van der Waals surface area (Å²) >= 11 is 0. The van der Waals surface area contributed by atoms with Crippen LogP contribution in [-0.4, -0.2) is 19.2 Å². The Bertz CT molecular complexity index is 332. The predicted molar refractivity (Wildman–Crippen MR) is 75.6 cm³/mol. The molecule has 1 aromatic carbocycles. The molecule has 1 aliphatic carbocycles. The molecular weight excluding hydrogens is 222 g/mol. The van der Waals surface area contributed by atoms with Gasteiger partial charge in [0.25, 0.3) is 0 Å². The fourth-order valence-corrected chi connectivity index (χ4v) is 2.07. The van der Waals surface area contributed by atoms with Crippen molar-refractivity contribution in [2.24, 2.45) is 5.92 Å². The molecule has 1 aliphatic rings. The van der Waals surface area contributed by atoms with E-state index in [1.807, 2.05) is 0 Å². The highest BCUT2D eigenvalue weighted by Gasteiger charge is 2.21. The first-order valence-electron chi connectivity index (χ1n) is 7.15. The molecule has 0 aromatic heterocycles. The monoisotopic (exact) mass is 247 g/mol. The number of ether oxygens (including phenoxy) is 1. The molecule has 1 aromatic rings. The minimum atomic E-state index is 0.187. The largest absolute Gasteiger partial charge is 0.372 e. The first-order chi connectivity index (χ1) is 8.75. The van der Waals surface area contributed by atoms with Gasteiger partial charge in [-0.15, -0.1) is 0 Å². The summed E-state index contributed by atoms with van der Waals surface area (Å²) in [5, 5.41) is 3.47. The molecule has 1 N–H and O–H groups in total. The van der Waals surface area contributed by atoms with E-state index in [1.165, 1.54) is 24.8 Å². The third-order valence-electron chi connectivity index (χ3n) is 3.42. The van der Waals surface area contributed by atoms with E-state index in [9.17, 15) is 0 Å². The summed E-state index contributed by atoms with van der Waals surface area (Å²) < 4.78 is 6.07. The quantitative estimate of drug-likeness (QED) is 0.758. The molecule has 18 heavy (non-hydrogen) atoms. The van der Waals surface area contributed by atoms with Gasteiger partial charge in [-0.25, -0.2) is 0 Å². The van der Waals surface area contributed by atoms with Gasteiger partial charge in [-0.3, -0.25) is 0 Å². The average Bonchev–Trinajstić information content (AvgIpc) is 3.18. The molecule has 1 saturated carbocycles. The van der Waals surface area contributed by atoms with Crippen LogP contribution in [0.4, 0.5) is 0 Å². The van der Waals surface area contributed by atoms with E-state index in [1.54, 1.807) is 0 Å². The van der Waals surface area contributed by atoms with Crippen molar-refractivity contribution in [3.63, 3.8) is 0 Å². The molecule has 1 fully saturated rings. The molecular formula is C16H25NO. The van der Waals surface area contributed by atoms with Crippen molar-refractivity contribution < 1.29 is 4.74 Å². The second-order valence-corrected chi connectivity index (χ2v) is 5.57. The van der Waals surface area contributed by atoms with Gasteiger partial charge in [0.05, 0.1) is 6.10 Å². The van der Waals surface area contributed by atoms with E-state index in [0.717, 1.165) is 19.1 Å². The van der Waals surface area contributed by atoms with Crippen molar-refractivity contribution in [1.29, 1.82) is 0 Å². The first-order valence-corrected chi connectivity index (χ1v) is 7.15. The Morgan fingerprint density at radius 1 is 1.22 bits per heavy atom. The molecule has 0 radical (unpaired) electrons. The lowest BCUT2D eigenvalue weighted by molar-refractivity contribution is 0.0473. The van der Waals surface area contributed by atoms with Gasteiger partial charge < -0.3 is 10.1 Å². The lowest BCUT2D eigenvalue weighted by atomic mass is 10.1.